The molecule has 1 aromatic carbocycles. The lowest BCUT2D eigenvalue weighted by Gasteiger charge is -2.02. The summed E-state index contributed by atoms with van der Waals surface area (Å²) in [5, 5.41) is -0.664. The number of hydrogen-bond acceptors (Lipinski definition) is 5. The highest BCUT2D eigenvalue weighted by atomic mass is 32.2. The average molecular weight is 322 g/mol. The summed E-state index contributed by atoms with van der Waals surface area (Å²) in [6.45, 7) is 1.76. The Bertz CT molecular complexity index is 734. The van der Waals surface area contributed by atoms with E-state index in [9.17, 15) is 21.6 Å². The van der Waals surface area contributed by atoms with Crippen LogP contribution in [0.25, 0.3) is 0 Å². The van der Waals surface area contributed by atoms with Crippen LogP contribution in [0, 0.1) is 6.92 Å². The molecule has 0 bridgehead atoms. The van der Waals surface area contributed by atoms with E-state index in [1.54, 1.807) is 19.1 Å². The summed E-state index contributed by atoms with van der Waals surface area (Å²) in [7, 11) is -4.09. The fraction of sp³-hybridized carbons (Fsp3) is 0.182. The van der Waals surface area contributed by atoms with Crippen molar-refractivity contribution in [1.82, 2.24) is 4.98 Å². The number of benzene rings is 1. The van der Waals surface area contributed by atoms with Gasteiger partial charge >= 0.3 is 6.18 Å². The predicted octanol–water partition coefficient (Wildman–Crippen LogP) is 2.89. The Kier molecular flexibility index (Phi) is 3.51. The lowest BCUT2D eigenvalue weighted by atomic mass is 10.2. The standard InChI is InChI=1S/C11H9F3N2O2S2/c1-6-2-4-7(5-3-6)20(17,18)10-16-8(9(15)19-10)11(12,13)14/h2-5H,15H2,1H3. The third-order valence-corrected chi connectivity index (χ3v) is 5.49. The van der Waals surface area contributed by atoms with E-state index < -0.39 is 31.0 Å². The van der Waals surface area contributed by atoms with Gasteiger partial charge in [0.05, 0.1) is 4.90 Å². The van der Waals surface area contributed by atoms with E-state index in [4.69, 9.17) is 5.73 Å². The summed E-state index contributed by atoms with van der Waals surface area (Å²) in [5.74, 6) is 0. The van der Waals surface area contributed by atoms with E-state index in [0.717, 1.165) is 5.56 Å². The molecule has 0 spiro atoms. The highest BCUT2D eigenvalue weighted by Gasteiger charge is 2.38. The number of alkyl halides is 3. The quantitative estimate of drug-likeness (QED) is 0.922. The number of nitrogens with zero attached hydrogens (tertiary/aromatic N) is 1. The van der Waals surface area contributed by atoms with Gasteiger partial charge in [-0.2, -0.15) is 13.2 Å². The molecular weight excluding hydrogens is 313 g/mol. The maximum Gasteiger partial charge on any atom is 0.436 e. The maximum atomic E-state index is 12.6. The van der Waals surface area contributed by atoms with Gasteiger partial charge in [-0.25, -0.2) is 13.4 Å². The first kappa shape index (κ1) is 14.8. The smallest absolute Gasteiger partial charge is 0.389 e. The van der Waals surface area contributed by atoms with E-state index >= 15 is 0 Å². The topological polar surface area (TPSA) is 73.0 Å². The fourth-order valence-electron chi connectivity index (χ4n) is 1.45. The van der Waals surface area contributed by atoms with Crippen molar-refractivity contribution < 1.29 is 21.6 Å². The molecule has 0 saturated heterocycles. The zero-order valence-corrected chi connectivity index (χ0v) is 11.7. The molecule has 0 saturated carbocycles. The number of thiazole rings is 1. The van der Waals surface area contributed by atoms with Gasteiger partial charge < -0.3 is 5.73 Å². The second-order valence-electron chi connectivity index (χ2n) is 4.01. The van der Waals surface area contributed by atoms with Gasteiger partial charge in [0, 0.05) is 0 Å². The molecule has 0 aliphatic rings. The monoisotopic (exact) mass is 322 g/mol. The molecule has 9 heteroatoms. The van der Waals surface area contributed by atoms with Crippen LogP contribution >= 0.6 is 11.3 Å². The Balaban J connectivity index is 2.53. The normalized spacial score (nSPS) is 12.6. The van der Waals surface area contributed by atoms with Crippen molar-refractivity contribution in [3.63, 3.8) is 0 Å². The first-order valence-corrected chi connectivity index (χ1v) is 7.57. The second kappa shape index (κ2) is 4.74. The van der Waals surface area contributed by atoms with Gasteiger partial charge in [0.25, 0.3) is 0 Å². The van der Waals surface area contributed by atoms with Crippen molar-refractivity contribution in [1.29, 1.82) is 0 Å². The minimum absolute atomic E-state index is 0.120. The molecule has 0 atom stereocenters. The molecule has 1 aromatic heterocycles. The van der Waals surface area contributed by atoms with Crippen LogP contribution in [0.5, 0.6) is 0 Å². The van der Waals surface area contributed by atoms with Crippen LogP contribution in [-0.2, 0) is 16.0 Å². The predicted molar refractivity (Wildman–Crippen MR) is 68.2 cm³/mol. The number of anilines is 1. The number of aromatic nitrogens is 1. The third-order valence-electron chi connectivity index (χ3n) is 2.46. The first-order chi connectivity index (χ1) is 9.12. The highest BCUT2D eigenvalue weighted by Crippen LogP contribution is 2.38. The van der Waals surface area contributed by atoms with Crippen LogP contribution in [0.1, 0.15) is 11.3 Å². The summed E-state index contributed by atoms with van der Waals surface area (Å²) < 4.78 is 61.4. The third kappa shape index (κ3) is 2.63. The zero-order valence-electron chi connectivity index (χ0n) is 10.1. The van der Waals surface area contributed by atoms with E-state index in [2.05, 4.69) is 4.98 Å². The molecule has 4 nitrogen and oxygen atoms in total. The Morgan fingerprint density at radius 2 is 1.75 bits per heavy atom. The molecule has 0 unspecified atom stereocenters. The SMILES string of the molecule is Cc1ccc(S(=O)(=O)c2nc(C(F)(F)F)c(N)s2)cc1. The van der Waals surface area contributed by atoms with Gasteiger partial charge in [-0.05, 0) is 19.1 Å². The number of halogens is 3. The van der Waals surface area contributed by atoms with Crippen molar-refractivity contribution in [2.24, 2.45) is 0 Å². The highest BCUT2D eigenvalue weighted by molar-refractivity contribution is 7.93. The number of hydrogen-bond donors (Lipinski definition) is 1. The van der Waals surface area contributed by atoms with Gasteiger partial charge in [0.2, 0.25) is 14.2 Å². The Morgan fingerprint density at radius 3 is 2.20 bits per heavy atom. The van der Waals surface area contributed by atoms with E-state index in [0.29, 0.717) is 11.3 Å². The number of aryl methyl sites for hydroxylation is 1. The number of sulfone groups is 1. The first-order valence-electron chi connectivity index (χ1n) is 5.27. The minimum atomic E-state index is -4.78. The summed E-state index contributed by atoms with van der Waals surface area (Å²) in [5.41, 5.74) is 4.66. The molecule has 0 aliphatic carbocycles. The van der Waals surface area contributed by atoms with Crippen molar-refractivity contribution in [2.45, 2.75) is 22.3 Å². The van der Waals surface area contributed by atoms with E-state index in [1.165, 1.54) is 12.1 Å². The Morgan fingerprint density at radius 1 is 1.20 bits per heavy atom. The van der Waals surface area contributed by atoms with Crippen molar-refractivity contribution in [2.75, 3.05) is 5.73 Å². The number of rotatable bonds is 2. The summed E-state index contributed by atoms with van der Waals surface area (Å²) in [6.07, 6.45) is -4.78. The molecule has 2 N–H and O–H groups in total. The van der Waals surface area contributed by atoms with Gasteiger partial charge in [0.1, 0.15) is 5.00 Å². The molecule has 0 amide bonds. The molecule has 2 aromatic rings. The van der Waals surface area contributed by atoms with Crippen LogP contribution in [0.4, 0.5) is 18.2 Å². The molecule has 2 rings (SSSR count). The molecule has 20 heavy (non-hydrogen) atoms. The zero-order chi connectivity index (χ0) is 15.1. The molecule has 0 fully saturated rings. The lowest BCUT2D eigenvalue weighted by molar-refractivity contribution is -0.140. The van der Waals surface area contributed by atoms with Crippen LogP contribution in [0.3, 0.4) is 0 Å². The Hall–Kier alpha value is -1.61. The lowest BCUT2D eigenvalue weighted by Crippen LogP contribution is -2.09. The summed E-state index contributed by atoms with van der Waals surface area (Å²) >= 11 is 0.306. The van der Waals surface area contributed by atoms with Crippen LogP contribution in [0.15, 0.2) is 33.5 Å². The number of nitrogen functional groups attached to an aromatic ring is 1. The largest absolute Gasteiger partial charge is 0.436 e. The Labute approximate surface area is 117 Å². The van der Waals surface area contributed by atoms with Gasteiger partial charge in [0.15, 0.2) is 5.69 Å². The molecule has 1 heterocycles. The number of nitrogens with two attached hydrogens (primary N) is 1. The summed E-state index contributed by atoms with van der Waals surface area (Å²) in [4.78, 5) is 3.01. The molecule has 0 aliphatic heterocycles. The summed E-state index contributed by atoms with van der Waals surface area (Å²) in [6, 6.07) is 5.73. The van der Waals surface area contributed by atoms with Crippen LogP contribution in [-0.4, -0.2) is 13.4 Å². The van der Waals surface area contributed by atoms with Gasteiger partial charge in [-0.1, -0.05) is 29.0 Å². The molecule has 108 valence electrons. The van der Waals surface area contributed by atoms with E-state index in [1.807, 2.05) is 0 Å². The second-order valence-corrected chi connectivity index (χ2v) is 7.16. The molecule has 0 radical (unpaired) electrons. The van der Waals surface area contributed by atoms with E-state index in [-0.39, 0.29) is 4.90 Å². The molecular formula is C11H9F3N2O2S2. The average Bonchev–Trinajstić information content (AvgIpc) is 2.72. The van der Waals surface area contributed by atoms with Crippen molar-refractivity contribution >= 4 is 26.2 Å². The maximum absolute atomic E-state index is 12.6. The van der Waals surface area contributed by atoms with Crippen molar-refractivity contribution in [3.8, 4) is 0 Å². The van der Waals surface area contributed by atoms with Crippen LogP contribution < -0.4 is 5.73 Å². The van der Waals surface area contributed by atoms with Gasteiger partial charge in [-0.15, -0.1) is 0 Å². The fourth-order valence-corrected chi connectivity index (χ4v) is 3.94. The van der Waals surface area contributed by atoms with Crippen molar-refractivity contribution in [3.05, 3.63) is 35.5 Å². The van der Waals surface area contributed by atoms with Crippen LogP contribution in [0.2, 0.25) is 0 Å². The van der Waals surface area contributed by atoms with Gasteiger partial charge in [-0.3, -0.25) is 0 Å². The minimum Gasteiger partial charge on any atom is -0.389 e.